The van der Waals surface area contributed by atoms with Crippen molar-refractivity contribution in [2.24, 2.45) is 5.73 Å². The van der Waals surface area contributed by atoms with Crippen molar-refractivity contribution < 1.29 is 9.53 Å². The molecule has 1 unspecified atom stereocenters. The van der Waals surface area contributed by atoms with Gasteiger partial charge in [0.2, 0.25) is 0 Å². The van der Waals surface area contributed by atoms with Crippen molar-refractivity contribution in [2.45, 2.75) is 12.5 Å². The van der Waals surface area contributed by atoms with Gasteiger partial charge in [0.05, 0.1) is 23.8 Å². The molecule has 25 heavy (non-hydrogen) atoms. The Kier molecular flexibility index (Phi) is 2.74. The highest BCUT2D eigenvalue weighted by atomic mass is 16.5. The Bertz CT molecular complexity index is 1030. The summed E-state index contributed by atoms with van der Waals surface area (Å²) in [6.07, 6.45) is 0.586. The number of benzene rings is 2. The van der Waals surface area contributed by atoms with Crippen LogP contribution >= 0.6 is 0 Å². The van der Waals surface area contributed by atoms with Gasteiger partial charge in [0.25, 0.3) is 0 Å². The van der Waals surface area contributed by atoms with E-state index >= 15 is 0 Å². The Hall–Kier alpha value is -3.28. The molecule has 6 nitrogen and oxygen atoms in total. The largest absolute Gasteiger partial charge is 0.496 e. The van der Waals surface area contributed by atoms with Crippen molar-refractivity contribution in [1.29, 1.82) is 0 Å². The molecule has 0 aliphatic carbocycles. The number of anilines is 1. The number of rotatable bonds is 2. The smallest absolute Gasteiger partial charge is 0.193 e. The van der Waals surface area contributed by atoms with Gasteiger partial charge in [-0.3, -0.25) is 4.79 Å². The standard InChI is InChI=1S/C19H16N4O2/c1-25-15-8-4-7-13-10(15)9-14-17(24)16(18(20)23(13)14)19-21-11-5-2-3-6-12(11)22-19/h2-8,14H,9,20H2,1H3,(H,21,22). The average Bonchev–Trinajstić information content (AvgIpc) is 3.27. The van der Waals surface area contributed by atoms with Gasteiger partial charge in [-0.05, 0) is 24.3 Å². The van der Waals surface area contributed by atoms with E-state index in [1.54, 1.807) is 7.11 Å². The molecule has 124 valence electrons. The second kappa shape index (κ2) is 4.86. The lowest BCUT2D eigenvalue weighted by Crippen LogP contribution is -2.32. The number of nitrogens with one attached hydrogen (secondary N) is 1. The number of fused-ring (bicyclic) bond motifs is 4. The Morgan fingerprint density at radius 3 is 2.88 bits per heavy atom. The first-order valence-electron chi connectivity index (χ1n) is 8.13. The normalized spacial score (nSPS) is 18.8. The maximum Gasteiger partial charge on any atom is 0.193 e. The number of para-hydroxylation sites is 2. The fourth-order valence-corrected chi connectivity index (χ4v) is 3.86. The van der Waals surface area contributed by atoms with Gasteiger partial charge in [-0.15, -0.1) is 0 Å². The van der Waals surface area contributed by atoms with Crippen LogP contribution in [0.25, 0.3) is 16.6 Å². The van der Waals surface area contributed by atoms with Crippen LogP contribution in [0, 0.1) is 0 Å². The summed E-state index contributed by atoms with van der Waals surface area (Å²) in [5, 5.41) is 0. The van der Waals surface area contributed by atoms with E-state index < -0.39 is 0 Å². The zero-order valence-corrected chi connectivity index (χ0v) is 13.6. The van der Waals surface area contributed by atoms with E-state index in [0.717, 1.165) is 28.0 Å². The quantitative estimate of drug-likeness (QED) is 0.752. The van der Waals surface area contributed by atoms with Crippen molar-refractivity contribution in [3.05, 3.63) is 59.7 Å². The number of ketones is 1. The second-order valence-electron chi connectivity index (χ2n) is 6.27. The van der Waals surface area contributed by atoms with E-state index in [4.69, 9.17) is 10.5 Å². The monoisotopic (exact) mass is 332 g/mol. The molecule has 0 spiro atoms. The van der Waals surface area contributed by atoms with Gasteiger partial charge in [-0.25, -0.2) is 4.98 Å². The fraction of sp³-hybridized carbons (Fsp3) is 0.158. The van der Waals surface area contributed by atoms with Crippen LogP contribution in [-0.2, 0) is 11.2 Å². The summed E-state index contributed by atoms with van der Waals surface area (Å²) in [5.74, 6) is 1.76. The third kappa shape index (κ3) is 1.79. The summed E-state index contributed by atoms with van der Waals surface area (Å²) in [7, 11) is 1.64. The molecule has 5 rings (SSSR count). The van der Waals surface area contributed by atoms with Gasteiger partial charge < -0.3 is 20.4 Å². The molecule has 2 aromatic carbocycles. The van der Waals surface area contributed by atoms with Gasteiger partial charge in [0.1, 0.15) is 29.0 Å². The molecule has 0 radical (unpaired) electrons. The number of carbonyl (C=O) groups is 1. The van der Waals surface area contributed by atoms with Crippen molar-refractivity contribution >= 4 is 28.1 Å². The first-order valence-corrected chi connectivity index (χ1v) is 8.13. The van der Waals surface area contributed by atoms with E-state index in [0.29, 0.717) is 23.6 Å². The van der Waals surface area contributed by atoms with Crippen LogP contribution in [-0.4, -0.2) is 28.9 Å². The highest BCUT2D eigenvalue weighted by Crippen LogP contribution is 2.45. The predicted octanol–water partition coefficient (Wildman–Crippen LogP) is 2.21. The average molecular weight is 332 g/mol. The molecule has 1 atom stereocenters. The minimum Gasteiger partial charge on any atom is -0.496 e. The molecule has 6 heteroatoms. The summed E-state index contributed by atoms with van der Waals surface area (Å²) in [4.78, 5) is 22.7. The molecular weight excluding hydrogens is 316 g/mol. The minimum absolute atomic E-state index is 0.00481. The number of imidazole rings is 1. The summed E-state index contributed by atoms with van der Waals surface area (Å²) < 4.78 is 5.43. The zero-order chi connectivity index (χ0) is 17.1. The lowest BCUT2D eigenvalue weighted by Gasteiger charge is -2.19. The zero-order valence-electron chi connectivity index (χ0n) is 13.6. The van der Waals surface area contributed by atoms with Crippen LogP contribution in [0.1, 0.15) is 11.4 Å². The molecule has 2 aliphatic rings. The number of nitrogens with zero attached hydrogens (tertiary/aromatic N) is 2. The number of aromatic amines is 1. The molecular formula is C19H16N4O2. The van der Waals surface area contributed by atoms with Gasteiger partial charge in [0.15, 0.2) is 5.78 Å². The number of H-pyrrole nitrogens is 1. The highest BCUT2D eigenvalue weighted by Gasteiger charge is 2.46. The van der Waals surface area contributed by atoms with E-state index in [2.05, 4.69) is 9.97 Å². The van der Waals surface area contributed by atoms with Crippen LogP contribution in [0.15, 0.2) is 48.3 Å². The maximum atomic E-state index is 13.1. The van der Waals surface area contributed by atoms with E-state index in [9.17, 15) is 4.79 Å². The molecule has 1 aromatic heterocycles. The molecule has 3 aromatic rings. The van der Waals surface area contributed by atoms with Gasteiger partial charge in [0, 0.05) is 12.0 Å². The number of aromatic nitrogens is 2. The predicted molar refractivity (Wildman–Crippen MR) is 95.2 cm³/mol. The Morgan fingerprint density at radius 2 is 2.08 bits per heavy atom. The van der Waals surface area contributed by atoms with Crippen LogP contribution in [0.5, 0.6) is 5.75 Å². The van der Waals surface area contributed by atoms with Crippen LogP contribution in [0.3, 0.4) is 0 Å². The van der Waals surface area contributed by atoms with E-state index in [-0.39, 0.29) is 11.8 Å². The fourth-order valence-electron chi connectivity index (χ4n) is 3.86. The minimum atomic E-state index is -0.325. The number of Topliss-reactive ketones (excluding diaryl/α,β-unsaturated/α-hetero) is 1. The molecule has 0 amide bonds. The van der Waals surface area contributed by atoms with Crippen molar-refractivity contribution in [2.75, 3.05) is 12.0 Å². The molecule has 3 N–H and O–H groups in total. The molecule has 0 saturated heterocycles. The van der Waals surface area contributed by atoms with Gasteiger partial charge >= 0.3 is 0 Å². The highest BCUT2D eigenvalue weighted by molar-refractivity contribution is 6.28. The third-order valence-electron chi connectivity index (χ3n) is 4.99. The molecule has 0 fully saturated rings. The number of hydrogen-bond donors (Lipinski definition) is 2. The lowest BCUT2D eigenvalue weighted by atomic mass is 10.0. The molecule has 0 bridgehead atoms. The summed E-state index contributed by atoms with van der Waals surface area (Å²) in [6, 6.07) is 13.2. The Labute approximate surface area is 143 Å². The first kappa shape index (κ1) is 14.1. The number of methoxy groups -OCH3 is 1. The lowest BCUT2D eigenvalue weighted by molar-refractivity contribution is -0.114. The van der Waals surface area contributed by atoms with E-state index in [1.807, 2.05) is 47.4 Å². The second-order valence-corrected chi connectivity index (χ2v) is 6.27. The molecule has 3 heterocycles. The number of ether oxygens (including phenoxy) is 1. The Morgan fingerprint density at radius 1 is 1.24 bits per heavy atom. The van der Waals surface area contributed by atoms with Crippen molar-refractivity contribution in [3.63, 3.8) is 0 Å². The summed E-state index contributed by atoms with van der Waals surface area (Å²) in [6.45, 7) is 0. The number of hydrogen-bond acceptors (Lipinski definition) is 5. The topological polar surface area (TPSA) is 84.2 Å². The van der Waals surface area contributed by atoms with Gasteiger partial charge in [-0.2, -0.15) is 0 Å². The van der Waals surface area contributed by atoms with Gasteiger partial charge in [-0.1, -0.05) is 18.2 Å². The molecule has 2 aliphatic heterocycles. The summed E-state index contributed by atoms with van der Waals surface area (Å²) >= 11 is 0. The van der Waals surface area contributed by atoms with Crippen LogP contribution < -0.4 is 15.4 Å². The first-order chi connectivity index (χ1) is 12.2. The number of carbonyl (C=O) groups excluding carboxylic acids is 1. The van der Waals surface area contributed by atoms with Crippen LogP contribution in [0.4, 0.5) is 5.69 Å². The van der Waals surface area contributed by atoms with Crippen LogP contribution in [0.2, 0.25) is 0 Å². The Balaban J connectivity index is 1.67. The van der Waals surface area contributed by atoms with Crippen molar-refractivity contribution in [1.82, 2.24) is 9.97 Å². The third-order valence-corrected chi connectivity index (χ3v) is 4.99. The molecule has 0 saturated carbocycles. The van der Waals surface area contributed by atoms with E-state index in [1.165, 1.54) is 0 Å². The number of nitrogens with two attached hydrogens (primary N) is 1. The SMILES string of the molecule is COc1cccc2c1CC1C(=O)C(c3nc4ccccc4[nH]3)=C(N)N21. The summed E-state index contributed by atoms with van der Waals surface area (Å²) in [5.41, 5.74) is 10.5. The maximum absolute atomic E-state index is 13.1. The van der Waals surface area contributed by atoms with Crippen molar-refractivity contribution in [3.8, 4) is 5.75 Å².